The SMILES string of the molecule is C=CC=CCCCCCCCCCCOc1cc(C(=O)[O-])cc(OCCCCCCCCCCC=CC=C)c1OCCCCCCCCCCC=CC=C. The lowest BCUT2D eigenvalue weighted by Gasteiger charge is -2.19. The molecule has 0 saturated carbocycles. The third-order valence-electron chi connectivity index (χ3n) is 9.63. The highest BCUT2D eigenvalue weighted by atomic mass is 16.5. The fourth-order valence-electron chi connectivity index (χ4n) is 6.44. The van der Waals surface area contributed by atoms with Crippen molar-refractivity contribution in [3.05, 3.63) is 92.1 Å². The van der Waals surface area contributed by atoms with Gasteiger partial charge in [0.2, 0.25) is 5.75 Å². The zero-order valence-corrected chi connectivity index (χ0v) is 34.2. The summed E-state index contributed by atoms with van der Waals surface area (Å²) in [6.07, 6.45) is 50.0. The van der Waals surface area contributed by atoms with E-state index >= 15 is 0 Å². The summed E-state index contributed by atoms with van der Waals surface area (Å²) in [5, 5.41) is 12.0. The predicted molar refractivity (Wildman–Crippen MR) is 230 cm³/mol. The summed E-state index contributed by atoms with van der Waals surface area (Å²) in [5.41, 5.74) is 0.0593. The molecule has 0 aromatic heterocycles. The molecule has 304 valence electrons. The Morgan fingerprint density at radius 1 is 0.444 bits per heavy atom. The zero-order valence-electron chi connectivity index (χ0n) is 34.2. The number of allylic oxidation sites excluding steroid dienone is 9. The summed E-state index contributed by atoms with van der Waals surface area (Å²) >= 11 is 0. The summed E-state index contributed by atoms with van der Waals surface area (Å²) in [6, 6.07) is 3.09. The number of carbonyl (C=O) groups is 1. The average Bonchev–Trinajstić information content (AvgIpc) is 3.17. The van der Waals surface area contributed by atoms with Crippen LogP contribution in [0, 0.1) is 0 Å². The van der Waals surface area contributed by atoms with Crippen LogP contribution < -0.4 is 19.3 Å². The van der Waals surface area contributed by atoms with Gasteiger partial charge in [-0.15, -0.1) is 0 Å². The molecule has 0 bridgehead atoms. The second-order valence-electron chi connectivity index (χ2n) is 14.5. The Hall–Kier alpha value is -3.47. The third-order valence-corrected chi connectivity index (χ3v) is 9.63. The van der Waals surface area contributed by atoms with Crippen LogP contribution in [0.15, 0.2) is 86.6 Å². The van der Waals surface area contributed by atoms with Crippen molar-refractivity contribution in [3.8, 4) is 17.2 Å². The molecule has 0 aliphatic rings. The van der Waals surface area contributed by atoms with E-state index < -0.39 is 5.97 Å². The molecule has 1 rings (SSSR count). The number of ether oxygens (including phenoxy) is 3. The molecule has 0 radical (unpaired) electrons. The molecule has 0 aliphatic carbocycles. The van der Waals surface area contributed by atoms with Crippen molar-refractivity contribution >= 4 is 5.97 Å². The highest BCUT2D eigenvalue weighted by molar-refractivity contribution is 5.87. The van der Waals surface area contributed by atoms with Crippen LogP contribution in [0.5, 0.6) is 17.2 Å². The van der Waals surface area contributed by atoms with Gasteiger partial charge in [0.05, 0.1) is 25.8 Å². The van der Waals surface area contributed by atoms with Crippen molar-refractivity contribution in [1.82, 2.24) is 0 Å². The minimum Gasteiger partial charge on any atom is -0.545 e. The Kier molecular flexibility index (Phi) is 34.0. The van der Waals surface area contributed by atoms with E-state index in [-0.39, 0.29) is 5.56 Å². The van der Waals surface area contributed by atoms with Gasteiger partial charge in [-0.3, -0.25) is 0 Å². The molecule has 0 aliphatic heterocycles. The van der Waals surface area contributed by atoms with Gasteiger partial charge in [0.1, 0.15) is 0 Å². The highest BCUT2D eigenvalue weighted by Crippen LogP contribution is 2.39. The summed E-state index contributed by atoms with van der Waals surface area (Å²) in [5.74, 6) is 0.176. The molecule has 5 heteroatoms. The predicted octanol–water partition coefficient (Wildman–Crippen LogP) is 13.9. The van der Waals surface area contributed by atoms with Crippen LogP contribution in [0.25, 0.3) is 0 Å². The van der Waals surface area contributed by atoms with Gasteiger partial charge < -0.3 is 24.1 Å². The van der Waals surface area contributed by atoms with Crippen molar-refractivity contribution in [2.45, 2.75) is 173 Å². The fraction of sp³-hybridized carbons (Fsp3) is 0.612. The van der Waals surface area contributed by atoms with Gasteiger partial charge in [-0.1, -0.05) is 190 Å². The number of hydrogen-bond donors (Lipinski definition) is 0. The van der Waals surface area contributed by atoms with Crippen molar-refractivity contribution in [3.63, 3.8) is 0 Å². The molecule has 0 N–H and O–H groups in total. The first kappa shape index (κ1) is 48.5. The molecule has 0 saturated heterocycles. The van der Waals surface area contributed by atoms with E-state index in [9.17, 15) is 9.90 Å². The van der Waals surface area contributed by atoms with Crippen LogP contribution in [0.3, 0.4) is 0 Å². The number of carbonyl (C=O) groups excluding carboxylic acids is 1. The highest BCUT2D eigenvalue weighted by Gasteiger charge is 2.17. The van der Waals surface area contributed by atoms with E-state index in [0.29, 0.717) is 37.1 Å². The number of carboxylic acids is 1. The largest absolute Gasteiger partial charge is 0.545 e. The Labute approximate surface area is 331 Å². The van der Waals surface area contributed by atoms with E-state index in [1.165, 1.54) is 116 Å². The van der Waals surface area contributed by atoms with Crippen molar-refractivity contribution in [2.75, 3.05) is 19.8 Å². The first-order valence-electron chi connectivity index (χ1n) is 21.7. The van der Waals surface area contributed by atoms with E-state index in [0.717, 1.165) is 57.8 Å². The van der Waals surface area contributed by atoms with Crippen LogP contribution >= 0.6 is 0 Å². The van der Waals surface area contributed by atoms with Gasteiger partial charge in [0, 0.05) is 5.56 Å². The van der Waals surface area contributed by atoms with Crippen LogP contribution in [0.2, 0.25) is 0 Å². The Balaban J connectivity index is 2.59. The Morgan fingerprint density at radius 2 is 0.722 bits per heavy atom. The molecule has 5 nitrogen and oxygen atoms in total. The molecular weight excluding hydrogens is 669 g/mol. The summed E-state index contributed by atoms with van der Waals surface area (Å²) in [6.45, 7) is 12.7. The number of carboxylic acid groups (broad SMARTS) is 1. The first-order valence-corrected chi connectivity index (χ1v) is 21.7. The average molecular weight is 746 g/mol. The van der Waals surface area contributed by atoms with Gasteiger partial charge in [0.25, 0.3) is 0 Å². The van der Waals surface area contributed by atoms with Crippen molar-refractivity contribution in [1.29, 1.82) is 0 Å². The summed E-state index contributed by atoms with van der Waals surface area (Å²) < 4.78 is 18.8. The summed E-state index contributed by atoms with van der Waals surface area (Å²) in [7, 11) is 0. The molecule has 0 unspecified atom stereocenters. The van der Waals surface area contributed by atoms with Crippen LogP contribution in [-0.4, -0.2) is 25.8 Å². The molecule has 1 aromatic carbocycles. The number of aromatic carboxylic acids is 1. The van der Waals surface area contributed by atoms with Gasteiger partial charge >= 0.3 is 0 Å². The summed E-state index contributed by atoms with van der Waals surface area (Å²) in [4.78, 5) is 12.0. The van der Waals surface area contributed by atoms with E-state index in [4.69, 9.17) is 14.2 Å². The maximum absolute atomic E-state index is 12.0. The molecule has 0 spiro atoms. The lowest BCUT2D eigenvalue weighted by molar-refractivity contribution is -0.255. The fourth-order valence-corrected chi connectivity index (χ4v) is 6.44. The standard InChI is InChI=1S/C49H78O5/c1-4-7-10-13-16-19-22-25-28-31-34-37-40-52-46-43-45(49(50)51)44-47(53-41-38-35-32-29-26-23-20-17-14-11-8-5-2)48(46)54-42-39-36-33-30-27-24-21-18-15-12-9-6-3/h4-12,43-44H,1-3,13-42H2,(H,50,51)/p-1. The van der Waals surface area contributed by atoms with Gasteiger partial charge in [-0.05, 0) is 69.9 Å². The molecule has 0 fully saturated rings. The Bertz CT molecular complexity index is 1100. The van der Waals surface area contributed by atoms with Crippen LogP contribution in [0.1, 0.15) is 184 Å². The Morgan fingerprint density at radius 3 is 1.02 bits per heavy atom. The van der Waals surface area contributed by atoms with Gasteiger partial charge in [-0.25, -0.2) is 0 Å². The van der Waals surface area contributed by atoms with Crippen LogP contribution in [0.4, 0.5) is 0 Å². The smallest absolute Gasteiger partial charge is 0.203 e. The molecule has 0 atom stereocenters. The van der Waals surface area contributed by atoms with Crippen molar-refractivity contribution in [2.24, 2.45) is 0 Å². The minimum atomic E-state index is -1.24. The van der Waals surface area contributed by atoms with Crippen molar-refractivity contribution < 1.29 is 24.1 Å². The second kappa shape index (κ2) is 37.8. The van der Waals surface area contributed by atoms with E-state index in [2.05, 4.69) is 38.0 Å². The monoisotopic (exact) mass is 746 g/mol. The number of unbranched alkanes of at least 4 members (excludes halogenated alkanes) is 24. The molecule has 54 heavy (non-hydrogen) atoms. The lowest BCUT2D eigenvalue weighted by atomic mass is 10.1. The number of benzene rings is 1. The zero-order chi connectivity index (χ0) is 39.0. The topological polar surface area (TPSA) is 67.8 Å². The molecule has 1 aromatic rings. The maximum Gasteiger partial charge on any atom is 0.203 e. The molecule has 0 amide bonds. The van der Waals surface area contributed by atoms with Gasteiger partial charge in [-0.2, -0.15) is 0 Å². The number of rotatable bonds is 40. The normalized spacial score (nSPS) is 11.5. The van der Waals surface area contributed by atoms with E-state index in [1.54, 1.807) is 12.1 Å². The quantitative estimate of drug-likeness (QED) is 0.0494. The lowest BCUT2D eigenvalue weighted by Crippen LogP contribution is -2.22. The third kappa shape index (κ3) is 29.0. The maximum atomic E-state index is 12.0. The minimum absolute atomic E-state index is 0.0593. The van der Waals surface area contributed by atoms with Crippen LogP contribution in [-0.2, 0) is 0 Å². The second-order valence-corrected chi connectivity index (χ2v) is 14.5. The van der Waals surface area contributed by atoms with E-state index in [1.807, 2.05) is 36.5 Å². The van der Waals surface area contributed by atoms with Gasteiger partial charge in [0.15, 0.2) is 11.5 Å². The molecular formula is C49H77O5-. The first-order chi connectivity index (χ1) is 26.6. The molecule has 0 heterocycles. The number of hydrogen-bond acceptors (Lipinski definition) is 5.